The maximum absolute atomic E-state index is 12.2. The molecule has 0 radical (unpaired) electrons. The topological polar surface area (TPSA) is 109 Å². The van der Waals surface area contributed by atoms with Crippen LogP contribution in [-0.4, -0.2) is 51.1 Å². The van der Waals surface area contributed by atoms with Crippen LogP contribution in [0.1, 0.15) is 34.1 Å². The Hall–Kier alpha value is -3.39. The highest BCUT2D eigenvalue weighted by Gasteiger charge is 2.08. The van der Waals surface area contributed by atoms with Crippen LogP contribution in [0.2, 0.25) is 0 Å². The molecule has 0 fully saturated rings. The summed E-state index contributed by atoms with van der Waals surface area (Å²) in [5.41, 5.74) is 2.29. The van der Waals surface area contributed by atoms with E-state index in [9.17, 15) is 14.4 Å². The third-order valence-corrected chi connectivity index (χ3v) is 4.14. The van der Waals surface area contributed by atoms with E-state index >= 15 is 0 Å². The van der Waals surface area contributed by atoms with Crippen LogP contribution in [0.5, 0.6) is 0 Å². The van der Waals surface area contributed by atoms with Gasteiger partial charge in [0.05, 0.1) is 13.2 Å². The Labute approximate surface area is 176 Å². The lowest BCUT2D eigenvalue weighted by Gasteiger charge is -2.10. The van der Waals surface area contributed by atoms with Crippen LogP contribution in [0, 0.1) is 0 Å². The molecule has 0 aliphatic rings. The molecule has 4 N–H and O–H groups in total. The third kappa shape index (κ3) is 7.56. The van der Waals surface area contributed by atoms with Gasteiger partial charge in [0.1, 0.15) is 0 Å². The van der Waals surface area contributed by atoms with E-state index in [1.165, 1.54) is 0 Å². The number of hydrogen-bond donors (Lipinski definition) is 4. The van der Waals surface area contributed by atoms with Crippen molar-refractivity contribution < 1.29 is 19.1 Å². The Kier molecular flexibility index (Phi) is 9.33. The van der Waals surface area contributed by atoms with Crippen molar-refractivity contribution in [2.45, 2.75) is 13.3 Å². The highest BCUT2D eigenvalue weighted by Crippen LogP contribution is 2.12. The summed E-state index contributed by atoms with van der Waals surface area (Å²) in [4.78, 5) is 36.2. The maximum atomic E-state index is 12.2. The SMILES string of the molecule is CCCNC(=O)c1ccc(NC(=O)CNc2cccc(C(=O)NCCOC)c2)cc1. The smallest absolute Gasteiger partial charge is 0.251 e. The number of carbonyl (C=O) groups is 3. The van der Waals surface area contributed by atoms with Crippen molar-refractivity contribution in [3.8, 4) is 0 Å². The molecule has 0 aliphatic heterocycles. The molecule has 0 saturated heterocycles. The fourth-order valence-electron chi connectivity index (χ4n) is 2.57. The molecule has 0 heterocycles. The van der Waals surface area contributed by atoms with Gasteiger partial charge >= 0.3 is 0 Å². The van der Waals surface area contributed by atoms with Gasteiger partial charge in [-0.3, -0.25) is 14.4 Å². The van der Waals surface area contributed by atoms with E-state index in [0.29, 0.717) is 42.2 Å². The molecular formula is C22H28N4O4. The van der Waals surface area contributed by atoms with Crippen molar-refractivity contribution >= 4 is 29.1 Å². The number of rotatable bonds is 11. The van der Waals surface area contributed by atoms with Gasteiger partial charge in [0.25, 0.3) is 11.8 Å². The predicted octanol–water partition coefficient (Wildman–Crippen LogP) is 2.25. The molecule has 160 valence electrons. The zero-order chi connectivity index (χ0) is 21.8. The number of hydrogen-bond acceptors (Lipinski definition) is 5. The van der Waals surface area contributed by atoms with Crippen molar-refractivity contribution in [3.05, 3.63) is 59.7 Å². The van der Waals surface area contributed by atoms with Crippen LogP contribution in [-0.2, 0) is 9.53 Å². The molecule has 2 aromatic rings. The van der Waals surface area contributed by atoms with Crippen LogP contribution in [0.4, 0.5) is 11.4 Å². The number of anilines is 2. The zero-order valence-corrected chi connectivity index (χ0v) is 17.3. The van der Waals surface area contributed by atoms with E-state index in [2.05, 4.69) is 21.3 Å². The second-order valence-corrected chi connectivity index (χ2v) is 6.56. The minimum Gasteiger partial charge on any atom is -0.383 e. The first-order valence-electron chi connectivity index (χ1n) is 9.82. The number of carbonyl (C=O) groups excluding carboxylic acids is 3. The monoisotopic (exact) mass is 412 g/mol. The highest BCUT2D eigenvalue weighted by atomic mass is 16.5. The minimum atomic E-state index is -0.242. The number of methoxy groups -OCH3 is 1. The summed E-state index contributed by atoms with van der Waals surface area (Å²) in [5, 5.41) is 11.3. The molecule has 2 rings (SSSR count). The molecular weight excluding hydrogens is 384 g/mol. The van der Waals surface area contributed by atoms with Crippen LogP contribution in [0.25, 0.3) is 0 Å². The van der Waals surface area contributed by atoms with Crippen LogP contribution in [0.3, 0.4) is 0 Å². The number of amides is 3. The predicted molar refractivity (Wildman–Crippen MR) is 117 cm³/mol. The third-order valence-electron chi connectivity index (χ3n) is 4.14. The van der Waals surface area contributed by atoms with Gasteiger partial charge in [-0.15, -0.1) is 0 Å². The standard InChI is InChI=1S/C22H28N4O4/c1-3-11-23-21(28)16-7-9-18(10-8-16)26-20(27)15-25-19-6-4-5-17(14-19)22(29)24-12-13-30-2/h4-10,14,25H,3,11-13,15H2,1-2H3,(H,23,28)(H,24,29)(H,26,27). The second-order valence-electron chi connectivity index (χ2n) is 6.56. The summed E-state index contributed by atoms with van der Waals surface area (Å²) >= 11 is 0. The Morgan fingerprint density at radius 1 is 0.867 bits per heavy atom. The van der Waals surface area contributed by atoms with Gasteiger partial charge in [-0.25, -0.2) is 0 Å². The molecule has 0 saturated carbocycles. The van der Waals surface area contributed by atoms with E-state index < -0.39 is 0 Å². The molecule has 0 bridgehead atoms. The summed E-state index contributed by atoms with van der Waals surface area (Å²) in [7, 11) is 1.57. The largest absolute Gasteiger partial charge is 0.383 e. The van der Waals surface area contributed by atoms with Crippen molar-refractivity contribution in [1.29, 1.82) is 0 Å². The lowest BCUT2D eigenvalue weighted by molar-refractivity contribution is -0.114. The first kappa shape index (κ1) is 22.9. The molecule has 2 aromatic carbocycles. The van der Waals surface area contributed by atoms with E-state index in [1.54, 1.807) is 55.6 Å². The number of benzene rings is 2. The maximum Gasteiger partial charge on any atom is 0.251 e. The quantitative estimate of drug-likeness (QED) is 0.424. The molecule has 8 nitrogen and oxygen atoms in total. The molecule has 30 heavy (non-hydrogen) atoms. The van der Waals surface area contributed by atoms with E-state index in [1.807, 2.05) is 6.92 Å². The van der Waals surface area contributed by atoms with Crippen molar-refractivity contribution in [2.75, 3.05) is 44.0 Å². The number of ether oxygens (including phenoxy) is 1. The molecule has 8 heteroatoms. The van der Waals surface area contributed by atoms with Gasteiger partial charge in [0, 0.05) is 42.7 Å². The van der Waals surface area contributed by atoms with Gasteiger partial charge in [0.15, 0.2) is 0 Å². The van der Waals surface area contributed by atoms with Crippen molar-refractivity contribution in [3.63, 3.8) is 0 Å². The zero-order valence-electron chi connectivity index (χ0n) is 17.3. The lowest BCUT2D eigenvalue weighted by atomic mass is 10.2. The first-order valence-corrected chi connectivity index (χ1v) is 9.82. The van der Waals surface area contributed by atoms with Gasteiger partial charge in [0.2, 0.25) is 5.91 Å². The summed E-state index contributed by atoms with van der Waals surface area (Å²) in [6.07, 6.45) is 0.869. The number of nitrogens with one attached hydrogen (secondary N) is 4. The minimum absolute atomic E-state index is 0.0352. The molecule has 0 unspecified atom stereocenters. The highest BCUT2D eigenvalue weighted by molar-refractivity contribution is 5.97. The summed E-state index contributed by atoms with van der Waals surface area (Å²) in [6.45, 7) is 3.51. The Morgan fingerprint density at radius 3 is 2.27 bits per heavy atom. The summed E-state index contributed by atoms with van der Waals surface area (Å²) in [5.74, 6) is -0.584. The van der Waals surface area contributed by atoms with Crippen LogP contribution >= 0.6 is 0 Å². The summed E-state index contributed by atoms with van der Waals surface area (Å²) in [6, 6.07) is 13.6. The fourth-order valence-corrected chi connectivity index (χ4v) is 2.57. The Balaban J connectivity index is 1.84. The lowest BCUT2D eigenvalue weighted by Crippen LogP contribution is -2.27. The van der Waals surface area contributed by atoms with E-state index in [-0.39, 0.29) is 24.3 Å². The Morgan fingerprint density at radius 2 is 1.57 bits per heavy atom. The van der Waals surface area contributed by atoms with Crippen molar-refractivity contribution in [1.82, 2.24) is 10.6 Å². The molecule has 3 amide bonds. The van der Waals surface area contributed by atoms with E-state index in [0.717, 1.165) is 6.42 Å². The van der Waals surface area contributed by atoms with Gasteiger partial charge in [-0.2, -0.15) is 0 Å². The van der Waals surface area contributed by atoms with Crippen LogP contribution in [0.15, 0.2) is 48.5 Å². The van der Waals surface area contributed by atoms with Gasteiger partial charge < -0.3 is 26.0 Å². The second kappa shape index (κ2) is 12.2. The van der Waals surface area contributed by atoms with E-state index in [4.69, 9.17) is 4.74 Å². The average Bonchev–Trinajstić information content (AvgIpc) is 2.77. The van der Waals surface area contributed by atoms with Gasteiger partial charge in [-0.1, -0.05) is 13.0 Å². The fraction of sp³-hybridized carbons (Fsp3) is 0.318. The molecule has 0 spiro atoms. The Bertz CT molecular complexity index is 852. The normalized spacial score (nSPS) is 10.2. The molecule has 0 aliphatic carbocycles. The van der Waals surface area contributed by atoms with Crippen molar-refractivity contribution in [2.24, 2.45) is 0 Å². The summed E-state index contributed by atoms with van der Waals surface area (Å²) < 4.78 is 4.91. The van der Waals surface area contributed by atoms with Gasteiger partial charge in [-0.05, 0) is 48.9 Å². The molecule has 0 atom stereocenters. The average molecular weight is 412 g/mol. The first-order chi connectivity index (χ1) is 14.5. The molecule has 0 aromatic heterocycles. The van der Waals surface area contributed by atoms with Crippen LogP contribution < -0.4 is 21.3 Å².